The second-order valence-electron chi connectivity index (χ2n) is 7.96. The Bertz CT molecular complexity index is 565. The van der Waals surface area contributed by atoms with E-state index in [9.17, 15) is 14.4 Å². The summed E-state index contributed by atoms with van der Waals surface area (Å²) < 4.78 is 10.9. The zero-order valence-corrected chi connectivity index (χ0v) is 15.9. The summed E-state index contributed by atoms with van der Waals surface area (Å²) in [4.78, 5) is 36.7. The molecule has 1 rings (SSSR count). The molecule has 0 saturated heterocycles. The highest BCUT2D eigenvalue weighted by molar-refractivity contribution is 5.96. The second-order valence-corrected chi connectivity index (χ2v) is 7.96. The summed E-state index contributed by atoms with van der Waals surface area (Å²) in [5.74, 6) is -3.20. The van der Waals surface area contributed by atoms with E-state index < -0.39 is 35.0 Å². The molecular formula is C20H28O5. The van der Waals surface area contributed by atoms with Crippen LogP contribution in [0.25, 0.3) is 0 Å². The number of benzene rings is 1. The molecule has 0 fully saturated rings. The van der Waals surface area contributed by atoms with Crippen LogP contribution in [0.4, 0.5) is 0 Å². The first-order valence-electron chi connectivity index (χ1n) is 8.39. The van der Waals surface area contributed by atoms with Crippen molar-refractivity contribution in [2.24, 2.45) is 5.92 Å². The van der Waals surface area contributed by atoms with E-state index in [4.69, 9.17) is 9.47 Å². The summed E-state index contributed by atoms with van der Waals surface area (Å²) >= 11 is 0. The van der Waals surface area contributed by atoms with Crippen LogP contribution in [0.15, 0.2) is 30.3 Å². The maximum absolute atomic E-state index is 12.7. The van der Waals surface area contributed by atoms with Crippen molar-refractivity contribution in [2.45, 2.75) is 65.1 Å². The molecule has 0 N–H and O–H groups in total. The van der Waals surface area contributed by atoms with E-state index in [1.165, 1.54) is 0 Å². The lowest BCUT2D eigenvalue weighted by atomic mass is 9.83. The maximum atomic E-state index is 12.7. The van der Waals surface area contributed by atoms with Crippen LogP contribution in [0.2, 0.25) is 0 Å². The van der Waals surface area contributed by atoms with Gasteiger partial charge in [-0.25, -0.2) is 0 Å². The van der Waals surface area contributed by atoms with Crippen LogP contribution in [-0.4, -0.2) is 29.4 Å². The molecule has 5 heteroatoms. The molecule has 0 amide bonds. The number of rotatable bonds is 6. The van der Waals surface area contributed by atoms with Crippen LogP contribution in [0, 0.1) is 5.92 Å². The highest BCUT2D eigenvalue weighted by Gasteiger charge is 2.41. The van der Waals surface area contributed by atoms with Crippen molar-refractivity contribution in [1.82, 2.24) is 0 Å². The maximum Gasteiger partial charge on any atom is 0.321 e. The van der Waals surface area contributed by atoms with Crippen molar-refractivity contribution >= 4 is 18.2 Å². The van der Waals surface area contributed by atoms with Gasteiger partial charge in [0.1, 0.15) is 17.5 Å². The highest BCUT2D eigenvalue weighted by atomic mass is 16.6. The molecule has 138 valence electrons. The molecule has 1 aromatic rings. The van der Waals surface area contributed by atoms with Gasteiger partial charge in [-0.2, -0.15) is 0 Å². The molecular weight excluding hydrogens is 320 g/mol. The van der Waals surface area contributed by atoms with Gasteiger partial charge in [0.2, 0.25) is 0 Å². The zero-order valence-electron chi connectivity index (χ0n) is 15.9. The number of hydrogen-bond acceptors (Lipinski definition) is 5. The van der Waals surface area contributed by atoms with Crippen LogP contribution in [0.5, 0.6) is 0 Å². The fourth-order valence-electron chi connectivity index (χ4n) is 2.42. The summed E-state index contributed by atoms with van der Waals surface area (Å²) in [6.45, 7) is 10.4. The van der Waals surface area contributed by atoms with Crippen molar-refractivity contribution in [2.75, 3.05) is 0 Å². The largest absolute Gasteiger partial charge is 0.459 e. The Hall–Kier alpha value is -2.17. The van der Waals surface area contributed by atoms with Crippen molar-refractivity contribution < 1.29 is 23.9 Å². The van der Waals surface area contributed by atoms with Crippen molar-refractivity contribution in [3.63, 3.8) is 0 Å². The van der Waals surface area contributed by atoms with E-state index in [2.05, 4.69) is 0 Å². The number of hydrogen-bond donors (Lipinski definition) is 0. The lowest BCUT2D eigenvalue weighted by molar-refractivity contribution is -0.175. The Morgan fingerprint density at radius 2 is 1.36 bits per heavy atom. The Morgan fingerprint density at radius 1 is 0.920 bits per heavy atom. The summed E-state index contributed by atoms with van der Waals surface area (Å²) in [6.07, 6.45) is 0.729. The lowest BCUT2D eigenvalue weighted by Crippen LogP contribution is -2.40. The van der Waals surface area contributed by atoms with E-state index in [0.717, 1.165) is 5.56 Å². The molecule has 0 heterocycles. The Balaban J connectivity index is 3.28. The SMILES string of the molecule is CC(C)(C)OC(=O)C(C(=O)OC(C)(C)C)[C@@H](CC=O)c1ccccc1. The number of esters is 2. The number of aldehydes is 1. The van der Waals surface area contributed by atoms with Gasteiger partial charge in [0.15, 0.2) is 5.92 Å². The van der Waals surface area contributed by atoms with Crippen LogP contribution < -0.4 is 0 Å². The highest BCUT2D eigenvalue weighted by Crippen LogP contribution is 2.32. The second kappa shape index (κ2) is 8.28. The normalized spacial score (nSPS) is 13.2. The fourth-order valence-corrected chi connectivity index (χ4v) is 2.42. The molecule has 1 atom stereocenters. The first-order valence-corrected chi connectivity index (χ1v) is 8.39. The average Bonchev–Trinajstić information content (AvgIpc) is 2.43. The third-order valence-corrected chi connectivity index (χ3v) is 3.30. The van der Waals surface area contributed by atoms with Gasteiger partial charge < -0.3 is 14.3 Å². The third kappa shape index (κ3) is 7.08. The van der Waals surface area contributed by atoms with E-state index in [1.54, 1.807) is 65.8 Å². The van der Waals surface area contributed by atoms with Crippen LogP contribution in [0.1, 0.15) is 59.4 Å². The molecule has 0 aliphatic rings. The van der Waals surface area contributed by atoms with Crippen molar-refractivity contribution in [3.8, 4) is 0 Å². The molecule has 0 aromatic heterocycles. The van der Waals surface area contributed by atoms with Gasteiger partial charge in [0.25, 0.3) is 0 Å². The smallest absolute Gasteiger partial charge is 0.321 e. The minimum atomic E-state index is -1.20. The summed E-state index contributed by atoms with van der Waals surface area (Å²) in [7, 11) is 0. The zero-order chi connectivity index (χ0) is 19.3. The van der Waals surface area contributed by atoms with E-state index >= 15 is 0 Å². The Morgan fingerprint density at radius 3 is 1.72 bits per heavy atom. The average molecular weight is 348 g/mol. The molecule has 0 radical (unpaired) electrons. The minimum Gasteiger partial charge on any atom is -0.459 e. The molecule has 0 saturated carbocycles. The molecule has 0 aliphatic carbocycles. The van der Waals surface area contributed by atoms with Gasteiger partial charge in [0, 0.05) is 12.3 Å². The third-order valence-electron chi connectivity index (χ3n) is 3.30. The molecule has 1 aromatic carbocycles. The van der Waals surface area contributed by atoms with Crippen LogP contribution >= 0.6 is 0 Å². The molecule has 0 aliphatic heterocycles. The summed E-state index contributed by atoms with van der Waals surface area (Å²) in [5, 5.41) is 0. The van der Waals surface area contributed by atoms with Crippen LogP contribution in [-0.2, 0) is 23.9 Å². The molecule has 0 unspecified atom stereocenters. The molecule has 25 heavy (non-hydrogen) atoms. The van der Waals surface area contributed by atoms with Gasteiger partial charge in [-0.3, -0.25) is 9.59 Å². The van der Waals surface area contributed by atoms with Crippen molar-refractivity contribution in [3.05, 3.63) is 35.9 Å². The summed E-state index contributed by atoms with van der Waals surface area (Å²) in [6, 6.07) is 9.01. The van der Waals surface area contributed by atoms with Gasteiger partial charge >= 0.3 is 11.9 Å². The molecule has 5 nitrogen and oxygen atoms in total. The standard InChI is InChI=1S/C20H28O5/c1-19(2,3)24-17(22)16(18(23)25-20(4,5)6)15(12-13-21)14-10-8-7-9-11-14/h7-11,13,15-16H,12H2,1-6H3/t15-/m0/s1. The van der Waals surface area contributed by atoms with E-state index in [0.29, 0.717) is 6.29 Å². The minimum absolute atomic E-state index is 0.0210. The number of ether oxygens (including phenoxy) is 2. The Labute approximate surface area is 149 Å². The Kier molecular flexibility index (Phi) is 6.91. The predicted octanol–water partition coefficient (Wildman–Crippen LogP) is 3.66. The molecule has 0 bridgehead atoms. The van der Waals surface area contributed by atoms with Gasteiger partial charge in [-0.15, -0.1) is 0 Å². The number of carbonyl (C=O) groups is 3. The van der Waals surface area contributed by atoms with Crippen molar-refractivity contribution in [1.29, 1.82) is 0 Å². The molecule has 0 spiro atoms. The van der Waals surface area contributed by atoms with Crippen LogP contribution in [0.3, 0.4) is 0 Å². The lowest BCUT2D eigenvalue weighted by Gasteiger charge is -2.30. The summed E-state index contributed by atoms with van der Waals surface area (Å²) in [5.41, 5.74) is -0.782. The fraction of sp³-hybridized carbons (Fsp3) is 0.550. The predicted molar refractivity (Wildman–Crippen MR) is 95.0 cm³/mol. The van der Waals surface area contributed by atoms with Gasteiger partial charge in [-0.1, -0.05) is 30.3 Å². The first-order chi connectivity index (χ1) is 11.4. The number of carbonyl (C=O) groups excluding carboxylic acids is 3. The van der Waals surface area contributed by atoms with Gasteiger partial charge in [-0.05, 0) is 47.1 Å². The van der Waals surface area contributed by atoms with E-state index in [1.807, 2.05) is 6.07 Å². The topological polar surface area (TPSA) is 69.7 Å². The monoisotopic (exact) mass is 348 g/mol. The van der Waals surface area contributed by atoms with Gasteiger partial charge in [0.05, 0.1) is 0 Å². The first kappa shape index (κ1) is 20.9. The quantitative estimate of drug-likeness (QED) is 0.446. The van der Waals surface area contributed by atoms with E-state index in [-0.39, 0.29) is 6.42 Å².